The fourth-order valence-corrected chi connectivity index (χ4v) is 2.09. The Morgan fingerprint density at radius 1 is 1.24 bits per heavy atom. The number of nitrogens with one attached hydrogen (secondary N) is 1. The van der Waals surface area contributed by atoms with Crippen molar-refractivity contribution in [1.29, 1.82) is 0 Å². The second-order valence-electron chi connectivity index (χ2n) is 4.82. The first kappa shape index (κ1) is 14.2. The van der Waals surface area contributed by atoms with Gasteiger partial charge in [-0.1, -0.05) is 37.3 Å². The largest absolute Gasteiger partial charge is 0.315 e. The first-order valence-corrected chi connectivity index (χ1v) is 6.68. The Morgan fingerprint density at radius 2 is 1.94 bits per heavy atom. The highest BCUT2D eigenvalue weighted by Gasteiger charge is 2.02. The second kappa shape index (κ2) is 8.26. The molecular formula is C15H26N2. The Morgan fingerprint density at radius 3 is 2.59 bits per heavy atom. The third-order valence-electron chi connectivity index (χ3n) is 3.02. The van der Waals surface area contributed by atoms with Gasteiger partial charge in [0.15, 0.2) is 0 Å². The van der Waals surface area contributed by atoms with Crippen LogP contribution in [0.5, 0.6) is 0 Å². The van der Waals surface area contributed by atoms with E-state index in [2.05, 4.69) is 61.4 Å². The molecule has 2 nitrogen and oxygen atoms in total. The zero-order valence-corrected chi connectivity index (χ0v) is 11.4. The fraction of sp³-hybridized carbons (Fsp3) is 0.600. The summed E-state index contributed by atoms with van der Waals surface area (Å²) in [5.74, 6) is 0. The van der Waals surface area contributed by atoms with Crippen LogP contribution in [0.15, 0.2) is 30.3 Å². The van der Waals surface area contributed by atoms with Crippen LogP contribution in [0.2, 0.25) is 0 Å². The van der Waals surface area contributed by atoms with Crippen LogP contribution in [0, 0.1) is 0 Å². The quantitative estimate of drug-likeness (QED) is 0.744. The molecular weight excluding hydrogens is 208 g/mol. The molecule has 0 fully saturated rings. The van der Waals surface area contributed by atoms with Crippen molar-refractivity contribution >= 4 is 0 Å². The minimum Gasteiger partial charge on any atom is -0.315 e. The van der Waals surface area contributed by atoms with Crippen LogP contribution in [0.3, 0.4) is 0 Å². The molecule has 0 aliphatic carbocycles. The van der Waals surface area contributed by atoms with Crippen LogP contribution in [-0.2, 0) is 6.54 Å². The molecule has 0 saturated carbocycles. The summed E-state index contributed by atoms with van der Waals surface area (Å²) in [5.41, 5.74) is 1.40. The van der Waals surface area contributed by atoms with E-state index in [9.17, 15) is 0 Å². The Bertz CT molecular complexity index is 284. The van der Waals surface area contributed by atoms with Crippen LogP contribution in [-0.4, -0.2) is 31.1 Å². The van der Waals surface area contributed by atoms with Crippen LogP contribution in [0.4, 0.5) is 0 Å². The monoisotopic (exact) mass is 234 g/mol. The number of hydrogen-bond donors (Lipinski definition) is 1. The zero-order valence-electron chi connectivity index (χ0n) is 11.4. The van der Waals surface area contributed by atoms with E-state index < -0.39 is 0 Å². The topological polar surface area (TPSA) is 15.3 Å². The lowest BCUT2D eigenvalue weighted by atomic mass is 10.1. The SMILES string of the molecule is CCNC(C)CCCN(C)Cc1ccccc1. The standard InChI is InChI=1S/C15H26N2/c1-4-16-14(2)9-8-12-17(3)13-15-10-6-5-7-11-15/h5-7,10-11,14,16H,4,8-9,12-13H2,1-3H3. The lowest BCUT2D eigenvalue weighted by Gasteiger charge is -2.18. The summed E-state index contributed by atoms with van der Waals surface area (Å²) in [7, 11) is 2.20. The molecule has 0 saturated heterocycles. The van der Waals surface area contributed by atoms with E-state index in [0.29, 0.717) is 6.04 Å². The van der Waals surface area contributed by atoms with Gasteiger partial charge in [0, 0.05) is 12.6 Å². The lowest BCUT2D eigenvalue weighted by molar-refractivity contribution is 0.311. The van der Waals surface area contributed by atoms with Crippen molar-refractivity contribution < 1.29 is 0 Å². The molecule has 0 aromatic heterocycles. The highest BCUT2D eigenvalue weighted by atomic mass is 15.1. The first-order valence-electron chi connectivity index (χ1n) is 6.68. The van der Waals surface area contributed by atoms with Crippen molar-refractivity contribution in [1.82, 2.24) is 10.2 Å². The van der Waals surface area contributed by atoms with Gasteiger partial charge in [-0.05, 0) is 45.5 Å². The Hall–Kier alpha value is -0.860. The molecule has 0 aliphatic heterocycles. The van der Waals surface area contributed by atoms with Gasteiger partial charge in [-0.2, -0.15) is 0 Å². The molecule has 1 N–H and O–H groups in total. The molecule has 0 heterocycles. The molecule has 0 aliphatic rings. The number of benzene rings is 1. The summed E-state index contributed by atoms with van der Waals surface area (Å²) in [5, 5.41) is 3.45. The Balaban J connectivity index is 2.15. The molecule has 1 atom stereocenters. The normalized spacial score (nSPS) is 12.9. The average molecular weight is 234 g/mol. The van der Waals surface area contributed by atoms with Crippen molar-refractivity contribution in [3.05, 3.63) is 35.9 Å². The molecule has 1 aromatic rings. The third kappa shape index (κ3) is 6.44. The van der Waals surface area contributed by atoms with Gasteiger partial charge in [0.05, 0.1) is 0 Å². The van der Waals surface area contributed by atoms with Crippen LogP contribution >= 0.6 is 0 Å². The van der Waals surface area contributed by atoms with Gasteiger partial charge in [-0.15, -0.1) is 0 Å². The van der Waals surface area contributed by atoms with Gasteiger partial charge in [-0.25, -0.2) is 0 Å². The maximum Gasteiger partial charge on any atom is 0.0230 e. The average Bonchev–Trinajstić information content (AvgIpc) is 2.30. The zero-order chi connectivity index (χ0) is 12.5. The van der Waals surface area contributed by atoms with Crippen molar-refractivity contribution in [3.8, 4) is 0 Å². The highest BCUT2D eigenvalue weighted by molar-refractivity contribution is 5.14. The number of nitrogens with zero attached hydrogens (tertiary/aromatic N) is 1. The van der Waals surface area contributed by atoms with Crippen molar-refractivity contribution in [3.63, 3.8) is 0 Å². The Kier molecular flexibility index (Phi) is 6.90. The predicted molar refractivity (Wildman–Crippen MR) is 75.1 cm³/mol. The maximum absolute atomic E-state index is 3.45. The smallest absolute Gasteiger partial charge is 0.0230 e. The van der Waals surface area contributed by atoms with Gasteiger partial charge in [-0.3, -0.25) is 0 Å². The summed E-state index contributed by atoms with van der Waals surface area (Å²) < 4.78 is 0. The molecule has 0 bridgehead atoms. The van der Waals surface area contributed by atoms with Crippen molar-refractivity contribution in [2.75, 3.05) is 20.1 Å². The van der Waals surface area contributed by atoms with E-state index in [0.717, 1.165) is 13.1 Å². The van der Waals surface area contributed by atoms with Crippen molar-refractivity contribution in [2.24, 2.45) is 0 Å². The lowest BCUT2D eigenvalue weighted by Crippen LogP contribution is -2.27. The van der Waals surface area contributed by atoms with Gasteiger partial charge in [0.2, 0.25) is 0 Å². The van der Waals surface area contributed by atoms with E-state index in [-0.39, 0.29) is 0 Å². The molecule has 1 unspecified atom stereocenters. The molecule has 0 spiro atoms. The summed E-state index contributed by atoms with van der Waals surface area (Å²) in [6.45, 7) is 7.72. The van der Waals surface area contributed by atoms with E-state index in [1.165, 1.54) is 24.9 Å². The van der Waals surface area contributed by atoms with Gasteiger partial charge in [0.1, 0.15) is 0 Å². The van der Waals surface area contributed by atoms with E-state index in [4.69, 9.17) is 0 Å². The minimum absolute atomic E-state index is 0.644. The van der Waals surface area contributed by atoms with Crippen LogP contribution in [0.1, 0.15) is 32.3 Å². The van der Waals surface area contributed by atoms with Gasteiger partial charge < -0.3 is 10.2 Å². The molecule has 1 aromatic carbocycles. The Labute approximate surface area is 106 Å². The molecule has 0 radical (unpaired) electrons. The molecule has 1 rings (SSSR count). The molecule has 17 heavy (non-hydrogen) atoms. The van der Waals surface area contributed by atoms with Gasteiger partial charge >= 0.3 is 0 Å². The summed E-state index contributed by atoms with van der Waals surface area (Å²) >= 11 is 0. The second-order valence-corrected chi connectivity index (χ2v) is 4.82. The first-order chi connectivity index (χ1) is 8.22. The minimum atomic E-state index is 0.644. The maximum atomic E-state index is 3.45. The van der Waals surface area contributed by atoms with E-state index in [1.807, 2.05) is 0 Å². The van der Waals surface area contributed by atoms with E-state index in [1.54, 1.807) is 0 Å². The van der Waals surface area contributed by atoms with Crippen LogP contribution in [0.25, 0.3) is 0 Å². The molecule has 0 amide bonds. The molecule has 96 valence electrons. The fourth-order valence-electron chi connectivity index (χ4n) is 2.09. The van der Waals surface area contributed by atoms with E-state index >= 15 is 0 Å². The van der Waals surface area contributed by atoms with Crippen molar-refractivity contribution in [2.45, 2.75) is 39.3 Å². The van der Waals surface area contributed by atoms with Crippen LogP contribution < -0.4 is 5.32 Å². The molecule has 2 heteroatoms. The third-order valence-corrected chi connectivity index (χ3v) is 3.02. The number of hydrogen-bond acceptors (Lipinski definition) is 2. The highest BCUT2D eigenvalue weighted by Crippen LogP contribution is 2.04. The number of rotatable bonds is 8. The summed E-state index contributed by atoms with van der Waals surface area (Å²) in [6, 6.07) is 11.3. The van der Waals surface area contributed by atoms with Gasteiger partial charge in [0.25, 0.3) is 0 Å². The summed E-state index contributed by atoms with van der Waals surface area (Å²) in [6.07, 6.45) is 2.52. The predicted octanol–water partition coefficient (Wildman–Crippen LogP) is 2.90. The summed E-state index contributed by atoms with van der Waals surface area (Å²) in [4.78, 5) is 2.40.